The van der Waals surface area contributed by atoms with Gasteiger partial charge in [-0.1, -0.05) is 157 Å². The Bertz CT molecular complexity index is 3470. The highest BCUT2D eigenvalue weighted by atomic mass is 32.2. The van der Waals surface area contributed by atoms with Gasteiger partial charge in [-0.15, -0.1) is 0 Å². The van der Waals surface area contributed by atoms with Crippen molar-refractivity contribution in [2.24, 2.45) is 0 Å². The molecular weight excluding hydrogens is 885 g/mol. The van der Waals surface area contributed by atoms with Gasteiger partial charge in [0.15, 0.2) is 0 Å². The zero-order chi connectivity index (χ0) is 47.1. The lowest BCUT2D eigenvalue weighted by Gasteiger charge is -2.46. The molecule has 0 saturated carbocycles. The van der Waals surface area contributed by atoms with Gasteiger partial charge in [0.2, 0.25) is 0 Å². The molecule has 336 valence electrons. The van der Waals surface area contributed by atoms with Gasteiger partial charge in [0.1, 0.15) is 11.6 Å². The Morgan fingerprint density at radius 3 is 1.15 bits per heavy atom. The predicted molar refractivity (Wildman–Crippen MR) is 291 cm³/mol. The van der Waals surface area contributed by atoms with Crippen LogP contribution < -0.4 is 14.7 Å². The zero-order valence-corrected chi connectivity index (χ0v) is 39.3. The number of pyridine rings is 3. The highest BCUT2D eigenvalue weighted by Gasteiger charge is 2.46. The van der Waals surface area contributed by atoms with Crippen LogP contribution in [0.5, 0.6) is 0 Å². The fourth-order valence-electron chi connectivity index (χ4n) is 10.6. The largest absolute Gasteiger partial charge is 0.310 e. The van der Waals surface area contributed by atoms with Gasteiger partial charge in [-0.3, -0.25) is 19.8 Å². The molecule has 7 heteroatoms. The molecule has 2 aliphatic rings. The Labute approximate surface area is 417 Å². The Morgan fingerprint density at radius 2 is 0.704 bits per heavy atom. The number of fused-ring (bicyclic) bond motifs is 4. The molecule has 0 radical (unpaired) electrons. The molecular formula is C64H44N6S. The maximum atomic E-state index is 5.85. The summed E-state index contributed by atoms with van der Waals surface area (Å²) < 4.78 is 0. The van der Waals surface area contributed by atoms with Crippen molar-refractivity contribution in [2.45, 2.75) is 15.2 Å². The van der Waals surface area contributed by atoms with Crippen molar-refractivity contribution < 1.29 is 0 Å². The number of anilines is 9. The molecule has 8 aromatic carbocycles. The number of para-hydroxylation sites is 4. The van der Waals surface area contributed by atoms with Gasteiger partial charge in [-0.25, -0.2) is 4.98 Å². The summed E-state index contributed by atoms with van der Waals surface area (Å²) in [5.41, 5.74) is 15.8. The van der Waals surface area contributed by atoms with Crippen molar-refractivity contribution in [2.75, 3.05) is 14.7 Å². The second-order valence-corrected chi connectivity index (χ2v) is 18.8. The second kappa shape index (κ2) is 17.8. The quantitative estimate of drug-likeness (QED) is 0.143. The Hall–Kier alpha value is -9.04. The molecule has 0 unspecified atom stereocenters. The van der Waals surface area contributed by atoms with E-state index in [9.17, 15) is 0 Å². The van der Waals surface area contributed by atoms with Crippen LogP contribution in [-0.2, 0) is 5.41 Å². The lowest BCUT2D eigenvalue weighted by Crippen LogP contribution is -2.38. The Balaban J connectivity index is 1.08. The second-order valence-electron chi connectivity index (χ2n) is 17.7. The summed E-state index contributed by atoms with van der Waals surface area (Å²) in [4.78, 5) is 23.8. The molecule has 0 N–H and O–H groups in total. The summed E-state index contributed by atoms with van der Waals surface area (Å²) in [6.07, 6.45) is 7.37. The van der Waals surface area contributed by atoms with Gasteiger partial charge >= 0.3 is 0 Å². The molecule has 0 aliphatic carbocycles. The predicted octanol–water partition coefficient (Wildman–Crippen LogP) is 16.8. The van der Waals surface area contributed by atoms with Crippen LogP contribution in [0.25, 0.3) is 22.3 Å². The van der Waals surface area contributed by atoms with E-state index in [0.29, 0.717) is 0 Å². The number of rotatable bonds is 9. The lowest BCUT2D eigenvalue weighted by molar-refractivity contribution is 0.730. The molecule has 0 bridgehead atoms. The van der Waals surface area contributed by atoms with Gasteiger partial charge in [0.25, 0.3) is 0 Å². The number of hydrogen-bond donors (Lipinski definition) is 0. The first kappa shape index (κ1) is 42.1. The van der Waals surface area contributed by atoms with E-state index in [1.165, 1.54) is 32.0 Å². The summed E-state index contributed by atoms with van der Waals surface area (Å²) >= 11 is 1.80. The summed E-state index contributed by atoms with van der Waals surface area (Å²) in [6.45, 7) is 0. The van der Waals surface area contributed by atoms with Crippen molar-refractivity contribution in [3.63, 3.8) is 0 Å². The van der Waals surface area contributed by atoms with Crippen LogP contribution in [0.1, 0.15) is 22.3 Å². The third kappa shape index (κ3) is 7.25. The molecule has 0 amide bonds. The number of aromatic nitrogens is 3. The van der Waals surface area contributed by atoms with Gasteiger partial charge < -0.3 is 4.90 Å². The SMILES string of the molecule is c1ccc(C2(c3ccccc3)c3ccccc3N(c3cc(N(c4ccc(-c5ccncc5)cc4)c4ccc(-c5ccncc5)cc4)cc(N4c5ccccc5Sc5ccccc54)n3)c3ccccc32)cc1. The minimum atomic E-state index is -0.631. The van der Waals surface area contributed by atoms with E-state index < -0.39 is 5.41 Å². The third-order valence-corrected chi connectivity index (χ3v) is 14.9. The summed E-state index contributed by atoms with van der Waals surface area (Å²) in [5, 5.41) is 0. The summed E-state index contributed by atoms with van der Waals surface area (Å²) in [6, 6.07) is 87.4. The maximum Gasteiger partial charge on any atom is 0.142 e. The topological polar surface area (TPSA) is 48.4 Å². The van der Waals surface area contributed by atoms with E-state index in [4.69, 9.17) is 4.98 Å². The number of benzene rings is 8. The monoisotopic (exact) mass is 928 g/mol. The molecule has 2 aliphatic heterocycles. The molecule has 5 heterocycles. The molecule has 0 saturated heterocycles. The lowest BCUT2D eigenvalue weighted by atomic mass is 9.62. The van der Waals surface area contributed by atoms with Crippen molar-refractivity contribution in [3.05, 3.63) is 290 Å². The van der Waals surface area contributed by atoms with Crippen LogP contribution in [0.4, 0.5) is 51.4 Å². The van der Waals surface area contributed by atoms with Crippen molar-refractivity contribution >= 4 is 63.2 Å². The Kier molecular flexibility index (Phi) is 10.6. The molecule has 11 aromatic rings. The maximum absolute atomic E-state index is 5.85. The number of nitrogens with zero attached hydrogens (tertiary/aromatic N) is 6. The standard InChI is InChI=1S/C64H44N6S/c1-3-15-49(16-4-1)64(50-17-5-2-6-18-50)54-19-7-9-21-56(54)69(57-22-10-8-20-55(57)64)62-43-53(44-63(67-62)70-58-23-11-13-25-60(58)71-61-26-14-12-24-59(61)70)68(51-31-27-45(28-32-51)47-35-39-65-40-36-47)52-33-29-46(30-34-52)48-37-41-66-42-38-48/h1-44H. The van der Waals surface area contributed by atoms with Crippen molar-refractivity contribution in [1.29, 1.82) is 0 Å². The Morgan fingerprint density at radius 1 is 0.338 bits per heavy atom. The van der Waals surface area contributed by atoms with E-state index in [2.05, 4.69) is 267 Å². The van der Waals surface area contributed by atoms with Gasteiger partial charge in [0.05, 0.1) is 33.9 Å². The first-order chi connectivity index (χ1) is 35.2. The summed E-state index contributed by atoms with van der Waals surface area (Å²) in [5.74, 6) is 1.58. The van der Waals surface area contributed by atoms with E-state index in [0.717, 1.165) is 73.7 Å². The molecule has 3 aromatic heterocycles. The van der Waals surface area contributed by atoms with Crippen LogP contribution in [0.3, 0.4) is 0 Å². The van der Waals surface area contributed by atoms with E-state index in [1.54, 1.807) is 11.8 Å². The number of hydrogen-bond acceptors (Lipinski definition) is 7. The molecule has 13 rings (SSSR count). The molecule has 0 atom stereocenters. The molecule has 71 heavy (non-hydrogen) atoms. The van der Waals surface area contributed by atoms with E-state index >= 15 is 0 Å². The van der Waals surface area contributed by atoms with Crippen molar-refractivity contribution in [1.82, 2.24) is 15.0 Å². The highest BCUT2D eigenvalue weighted by Crippen LogP contribution is 2.59. The molecule has 0 fully saturated rings. The van der Waals surface area contributed by atoms with Crippen LogP contribution in [0, 0.1) is 0 Å². The zero-order valence-electron chi connectivity index (χ0n) is 38.5. The average molecular weight is 929 g/mol. The fourth-order valence-corrected chi connectivity index (χ4v) is 11.7. The minimum Gasteiger partial charge on any atom is -0.310 e. The highest BCUT2D eigenvalue weighted by molar-refractivity contribution is 7.99. The smallest absolute Gasteiger partial charge is 0.142 e. The van der Waals surface area contributed by atoms with Gasteiger partial charge in [-0.2, -0.15) is 0 Å². The normalized spacial score (nSPS) is 13.1. The van der Waals surface area contributed by atoms with Crippen LogP contribution in [0.15, 0.2) is 277 Å². The van der Waals surface area contributed by atoms with Crippen molar-refractivity contribution in [3.8, 4) is 22.3 Å². The van der Waals surface area contributed by atoms with Crippen LogP contribution in [-0.4, -0.2) is 15.0 Å². The minimum absolute atomic E-state index is 0.631. The van der Waals surface area contributed by atoms with Gasteiger partial charge in [0, 0.05) is 58.1 Å². The third-order valence-electron chi connectivity index (χ3n) is 13.7. The van der Waals surface area contributed by atoms with E-state index in [1.807, 2.05) is 24.8 Å². The van der Waals surface area contributed by atoms with E-state index in [-0.39, 0.29) is 0 Å². The summed E-state index contributed by atoms with van der Waals surface area (Å²) in [7, 11) is 0. The molecule has 6 nitrogen and oxygen atoms in total. The first-order valence-corrected chi connectivity index (χ1v) is 24.6. The first-order valence-electron chi connectivity index (χ1n) is 23.8. The van der Waals surface area contributed by atoms with Gasteiger partial charge in [-0.05, 0) is 129 Å². The van der Waals surface area contributed by atoms with Crippen LogP contribution in [0.2, 0.25) is 0 Å². The molecule has 0 spiro atoms. The average Bonchev–Trinajstić information content (AvgIpc) is 3.45. The van der Waals surface area contributed by atoms with Crippen LogP contribution >= 0.6 is 11.8 Å². The fraction of sp³-hybridized carbons (Fsp3) is 0.0156.